The fraction of sp³-hybridized carbons (Fsp3) is 0.417. The van der Waals surface area contributed by atoms with E-state index in [0.717, 1.165) is 5.56 Å². The zero-order valence-corrected chi connectivity index (χ0v) is 11.7. The highest BCUT2D eigenvalue weighted by atomic mass is 31.2. The van der Waals surface area contributed by atoms with Gasteiger partial charge in [-0.25, -0.2) is 4.57 Å². The van der Waals surface area contributed by atoms with Crippen LogP contribution < -0.4 is 5.09 Å². The Hall–Kier alpha value is -1.16. The SMILES string of the molecule is CCOP(=O)(NC(=O)c1ccc(C)cc1)OCC. The summed E-state index contributed by atoms with van der Waals surface area (Å²) in [5.74, 6) is -0.472. The molecule has 100 valence electrons. The predicted octanol–water partition coefficient (Wildman–Crippen LogP) is 2.91. The van der Waals surface area contributed by atoms with Crippen LogP contribution in [0.4, 0.5) is 0 Å². The zero-order valence-electron chi connectivity index (χ0n) is 10.8. The lowest BCUT2D eigenvalue weighted by atomic mass is 10.1. The quantitative estimate of drug-likeness (QED) is 0.808. The van der Waals surface area contributed by atoms with Crippen molar-refractivity contribution in [3.05, 3.63) is 35.4 Å². The first kappa shape index (κ1) is 14.9. The van der Waals surface area contributed by atoms with Gasteiger partial charge in [-0.1, -0.05) is 17.7 Å². The van der Waals surface area contributed by atoms with Crippen LogP contribution in [0.1, 0.15) is 29.8 Å². The van der Waals surface area contributed by atoms with Gasteiger partial charge in [0, 0.05) is 5.56 Å². The first-order valence-corrected chi connectivity index (χ1v) is 7.33. The van der Waals surface area contributed by atoms with Crippen LogP contribution in [0.25, 0.3) is 0 Å². The molecule has 0 aromatic heterocycles. The molecular formula is C12H18NO4P. The molecule has 0 bridgehead atoms. The van der Waals surface area contributed by atoms with Gasteiger partial charge in [0.1, 0.15) is 0 Å². The number of rotatable bonds is 6. The van der Waals surface area contributed by atoms with Crippen LogP contribution in [0.2, 0.25) is 0 Å². The molecule has 1 aromatic carbocycles. The minimum atomic E-state index is -3.55. The molecule has 6 heteroatoms. The highest BCUT2D eigenvalue weighted by molar-refractivity contribution is 7.52. The molecule has 1 aromatic rings. The summed E-state index contributed by atoms with van der Waals surface area (Å²) in [6.45, 7) is 5.69. The lowest BCUT2D eigenvalue weighted by molar-refractivity contribution is 0.0960. The van der Waals surface area contributed by atoms with Crippen LogP contribution in [0, 0.1) is 6.92 Å². The van der Waals surface area contributed by atoms with E-state index in [1.807, 2.05) is 6.92 Å². The van der Waals surface area contributed by atoms with Crippen molar-refractivity contribution in [2.45, 2.75) is 20.8 Å². The van der Waals surface area contributed by atoms with Crippen molar-refractivity contribution in [1.82, 2.24) is 5.09 Å². The lowest BCUT2D eigenvalue weighted by Crippen LogP contribution is -2.23. The Labute approximate surface area is 107 Å². The van der Waals surface area contributed by atoms with Gasteiger partial charge in [-0.3, -0.25) is 18.9 Å². The van der Waals surface area contributed by atoms with Crippen LogP contribution in [-0.2, 0) is 13.6 Å². The standard InChI is InChI=1S/C12H18NO4P/c1-4-16-18(15,17-5-2)13-12(14)11-8-6-10(3)7-9-11/h6-9H,4-5H2,1-3H3,(H,13,14,15). The van der Waals surface area contributed by atoms with E-state index in [1.165, 1.54) is 0 Å². The molecule has 0 atom stereocenters. The Bertz CT molecular complexity index is 434. The Morgan fingerprint density at radius 3 is 2.11 bits per heavy atom. The van der Waals surface area contributed by atoms with Gasteiger partial charge in [-0.05, 0) is 32.9 Å². The smallest absolute Gasteiger partial charge is 0.293 e. The number of nitrogens with one attached hydrogen (secondary N) is 1. The van der Waals surface area contributed by atoms with Crippen LogP contribution in [0.3, 0.4) is 0 Å². The summed E-state index contributed by atoms with van der Waals surface area (Å²) in [7, 11) is -3.55. The average molecular weight is 271 g/mol. The monoisotopic (exact) mass is 271 g/mol. The first-order valence-electron chi connectivity index (χ1n) is 5.79. The molecule has 0 radical (unpaired) electrons. The van der Waals surface area contributed by atoms with Crippen molar-refractivity contribution in [1.29, 1.82) is 0 Å². The first-order chi connectivity index (χ1) is 8.50. The molecule has 0 unspecified atom stereocenters. The molecule has 0 spiro atoms. The Balaban J connectivity index is 2.78. The van der Waals surface area contributed by atoms with Crippen LogP contribution in [-0.4, -0.2) is 19.1 Å². The van der Waals surface area contributed by atoms with Crippen molar-refractivity contribution in [3.8, 4) is 0 Å². The molecule has 5 nitrogen and oxygen atoms in total. The van der Waals surface area contributed by atoms with Crippen molar-refractivity contribution < 1.29 is 18.4 Å². The fourth-order valence-electron chi connectivity index (χ4n) is 1.34. The van der Waals surface area contributed by atoms with Gasteiger partial charge < -0.3 is 0 Å². The second-order valence-electron chi connectivity index (χ2n) is 3.64. The van der Waals surface area contributed by atoms with Gasteiger partial charge >= 0.3 is 7.75 Å². The average Bonchev–Trinajstić information content (AvgIpc) is 2.30. The third-order valence-corrected chi connectivity index (χ3v) is 3.82. The van der Waals surface area contributed by atoms with Gasteiger partial charge in [0.05, 0.1) is 13.2 Å². The van der Waals surface area contributed by atoms with E-state index in [4.69, 9.17) is 9.05 Å². The second-order valence-corrected chi connectivity index (χ2v) is 5.37. The minimum absolute atomic E-state index is 0.200. The van der Waals surface area contributed by atoms with E-state index in [1.54, 1.807) is 38.1 Å². The number of hydrogen-bond acceptors (Lipinski definition) is 4. The van der Waals surface area contributed by atoms with Crippen LogP contribution in [0.5, 0.6) is 0 Å². The summed E-state index contributed by atoms with van der Waals surface area (Å²) >= 11 is 0. The molecule has 0 aliphatic heterocycles. The topological polar surface area (TPSA) is 64.6 Å². The number of benzene rings is 1. The van der Waals surface area contributed by atoms with Gasteiger partial charge in [0.15, 0.2) is 0 Å². The molecule has 1 N–H and O–H groups in total. The third-order valence-electron chi connectivity index (χ3n) is 2.15. The molecule has 0 saturated heterocycles. The highest BCUT2D eigenvalue weighted by Gasteiger charge is 2.26. The third kappa shape index (κ3) is 4.26. The molecular weight excluding hydrogens is 253 g/mol. The maximum atomic E-state index is 12.1. The number of carbonyl (C=O) groups is 1. The van der Waals surface area contributed by atoms with Gasteiger partial charge in [-0.15, -0.1) is 0 Å². The van der Waals surface area contributed by atoms with E-state index in [9.17, 15) is 9.36 Å². The summed E-state index contributed by atoms with van der Waals surface area (Å²) in [6, 6.07) is 6.93. The summed E-state index contributed by atoms with van der Waals surface area (Å²) < 4.78 is 22.1. The zero-order chi connectivity index (χ0) is 13.6. The normalized spacial score (nSPS) is 11.3. The van der Waals surface area contributed by atoms with Gasteiger partial charge in [0.25, 0.3) is 5.91 Å². The number of aryl methyl sites for hydroxylation is 1. The predicted molar refractivity (Wildman–Crippen MR) is 69.5 cm³/mol. The Kier molecular flexibility index (Phi) is 5.54. The Morgan fingerprint density at radius 2 is 1.67 bits per heavy atom. The molecule has 1 amide bonds. The molecule has 0 saturated carbocycles. The lowest BCUT2D eigenvalue weighted by Gasteiger charge is -2.17. The summed E-state index contributed by atoms with van der Waals surface area (Å²) in [6.07, 6.45) is 0. The van der Waals surface area contributed by atoms with E-state index in [2.05, 4.69) is 5.09 Å². The second kappa shape index (κ2) is 6.69. The maximum absolute atomic E-state index is 12.1. The summed E-state index contributed by atoms with van der Waals surface area (Å²) in [5.41, 5.74) is 1.46. The van der Waals surface area contributed by atoms with Crippen LogP contribution in [0.15, 0.2) is 24.3 Å². The molecule has 18 heavy (non-hydrogen) atoms. The molecule has 1 rings (SSSR count). The van der Waals surface area contributed by atoms with Crippen molar-refractivity contribution in [2.24, 2.45) is 0 Å². The number of hydrogen-bond donors (Lipinski definition) is 1. The highest BCUT2D eigenvalue weighted by Crippen LogP contribution is 2.43. The van der Waals surface area contributed by atoms with E-state index < -0.39 is 13.7 Å². The van der Waals surface area contributed by atoms with Gasteiger partial charge in [-0.2, -0.15) is 0 Å². The van der Waals surface area contributed by atoms with Crippen molar-refractivity contribution >= 4 is 13.7 Å². The van der Waals surface area contributed by atoms with Crippen molar-refractivity contribution in [3.63, 3.8) is 0 Å². The minimum Gasteiger partial charge on any atom is -0.293 e. The summed E-state index contributed by atoms with van der Waals surface area (Å²) in [5, 5.41) is 2.30. The molecule has 0 heterocycles. The van der Waals surface area contributed by atoms with E-state index in [-0.39, 0.29) is 13.2 Å². The molecule has 0 fully saturated rings. The number of amides is 1. The summed E-state index contributed by atoms with van der Waals surface area (Å²) in [4.78, 5) is 11.9. The molecule has 0 aliphatic rings. The molecule has 0 aliphatic carbocycles. The fourth-order valence-corrected chi connectivity index (χ4v) is 2.60. The van der Waals surface area contributed by atoms with E-state index in [0.29, 0.717) is 5.56 Å². The van der Waals surface area contributed by atoms with Crippen molar-refractivity contribution in [2.75, 3.05) is 13.2 Å². The largest absolute Gasteiger partial charge is 0.435 e. The number of carbonyl (C=O) groups excluding carboxylic acids is 1. The maximum Gasteiger partial charge on any atom is 0.435 e. The van der Waals surface area contributed by atoms with Gasteiger partial charge in [0.2, 0.25) is 0 Å². The van der Waals surface area contributed by atoms with E-state index >= 15 is 0 Å². The Morgan fingerprint density at radius 1 is 1.17 bits per heavy atom. The van der Waals surface area contributed by atoms with Crippen LogP contribution >= 0.6 is 7.75 Å².